The summed E-state index contributed by atoms with van der Waals surface area (Å²) >= 11 is 0. The van der Waals surface area contributed by atoms with Gasteiger partial charge in [-0.3, -0.25) is 14.4 Å². The number of carboxylic acids is 1. The van der Waals surface area contributed by atoms with Gasteiger partial charge in [0.15, 0.2) is 0 Å². The van der Waals surface area contributed by atoms with E-state index in [0.29, 0.717) is 19.3 Å². The lowest BCUT2D eigenvalue weighted by Crippen LogP contribution is -2.34. The van der Waals surface area contributed by atoms with Crippen LogP contribution in [-0.2, 0) is 19.1 Å². The van der Waals surface area contributed by atoms with Crippen molar-refractivity contribution in [3.8, 4) is 0 Å². The molecule has 1 aliphatic rings. The number of cyclic esters (lactones) is 1. The highest BCUT2D eigenvalue weighted by molar-refractivity contribution is 5.83. The summed E-state index contributed by atoms with van der Waals surface area (Å²) in [6.45, 7) is 0.332. The van der Waals surface area contributed by atoms with Gasteiger partial charge in [-0.25, -0.2) is 0 Å². The molecular weight excluding hydrogens is 238 g/mol. The molecule has 1 atom stereocenters. The predicted octanol–water partition coefficient (Wildman–Crippen LogP) is 0.477. The number of nitrogens with one attached hydrogen (secondary N) is 1. The Labute approximate surface area is 105 Å². The van der Waals surface area contributed by atoms with Crippen LogP contribution in [-0.4, -0.2) is 36.1 Å². The fourth-order valence-electron chi connectivity index (χ4n) is 1.63. The van der Waals surface area contributed by atoms with E-state index in [1.54, 1.807) is 12.2 Å². The largest absolute Gasteiger partial charge is 0.481 e. The molecule has 0 unspecified atom stereocenters. The normalized spacial score (nSPS) is 24.1. The van der Waals surface area contributed by atoms with Crippen LogP contribution in [0.5, 0.6) is 0 Å². The number of carboxylic acid groups (broad SMARTS) is 1. The molecule has 100 valence electrons. The average Bonchev–Trinajstić information content (AvgIpc) is 2.30. The second-order valence-electron chi connectivity index (χ2n) is 4.05. The summed E-state index contributed by atoms with van der Waals surface area (Å²) in [6.07, 6.45) is 4.52. The molecule has 1 aliphatic heterocycles. The van der Waals surface area contributed by atoms with Gasteiger partial charge < -0.3 is 15.2 Å². The molecule has 0 radical (unpaired) electrons. The molecule has 6 heteroatoms. The van der Waals surface area contributed by atoms with Gasteiger partial charge in [-0.1, -0.05) is 12.2 Å². The number of aliphatic carboxylic acids is 1. The van der Waals surface area contributed by atoms with E-state index in [1.807, 2.05) is 0 Å². The van der Waals surface area contributed by atoms with Crippen molar-refractivity contribution < 1.29 is 24.2 Å². The second-order valence-corrected chi connectivity index (χ2v) is 4.05. The highest BCUT2D eigenvalue weighted by atomic mass is 16.5. The number of rotatable bonds is 2. The summed E-state index contributed by atoms with van der Waals surface area (Å²) < 4.78 is 4.88. The molecule has 6 nitrogen and oxygen atoms in total. The first kappa shape index (κ1) is 14.2. The van der Waals surface area contributed by atoms with E-state index < -0.39 is 11.9 Å². The van der Waals surface area contributed by atoms with Gasteiger partial charge in [0.25, 0.3) is 0 Å². The smallest absolute Gasteiger partial charge is 0.306 e. The SMILES string of the molecule is O=C(O)C[C@@H]1C/C=C/CCC(=O)OCCNC1=O. The summed E-state index contributed by atoms with van der Waals surface area (Å²) in [5.74, 6) is -2.19. The van der Waals surface area contributed by atoms with Gasteiger partial charge in [-0.2, -0.15) is 0 Å². The van der Waals surface area contributed by atoms with Crippen LogP contribution in [0.3, 0.4) is 0 Å². The number of hydrogen-bond donors (Lipinski definition) is 2. The number of carbonyl (C=O) groups excluding carboxylic acids is 2. The number of amides is 1. The molecule has 0 aromatic heterocycles. The Bertz CT molecular complexity index is 350. The maximum absolute atomic E-state index is 11.7. The van der Waals surface area contributed by atoms with Crippen LogP contribution in [0, 0.1) is 5.92 Å². The number of hydrogen-bond acceptors (Lipinski definition) is 4. The van der Waals surface area contributed by atoms with Crippen molar-refractivity contribution in [2.24, 2.45) is 5.92 Å². The van der Waals surface area contributed by atoms with Gasteiger partial charge in [0.05, 0.1) is 18.9 Å². The minimum atomic E-state index is -0.998. The zero-order valence-corrected chi connectivity index (χ0v) is 10.1. The summed E-state index contributed by atoms with van der Waals surface area (Å²) in [7, 11) is 0. The quantitative estimate of drug-likeness (QED) is 0.553. The molecule has 0 bridgehead atoms. The molecule has 0 fully saturated rings. The molecule has 1 rings (SSSR count). The van der Waals surface area contributed by atoms with Crippen molar-refractivity contribution in [3.05, 3.63) is 12.2 Å². The van der Waals surface area contributed by atoms with Crippen LogP contribution in [0.4, 0.5) is 0 Å². The highest BCUT2D eigenvalue weighted by Gasteiger charge is 2.20. The number of ether oxygens (including phenoxy) is 1. The van der Waals surface area contributed by atoms with Gasteiger partial charge in [-0.15, -0.1) is 0 Å². The van der Waals surface area contributed by atoms with Gasteiger partial charge in [0.2, 0.25) is 5.91 Å². The molecule has 0 saturated carbocycles. The van der Waals surface area contributed by atoms with E-state index in [4.69, 9.17) is 9.84 Å². The maximum Gasteiger partial charge on any atom is 0.306 e. The van der Waals surface area contributed by atoms with Crippen LogP contribution >= 0.6 is 0 Å². The van der Waals surface area contributed by atoms with E-state index in [9.17, 15) is 14.4 Å². The van der Waals surface area contributed by atoms with Crippen molar-refractivity contribution in [2.75, 3.05) is 13.2 Å². The molecule has 0 aromatic carbocycles. The molecule has 0 aliphatic carbocycles. The minimum absolute atomic E-state index is 0.119. The van der Waals surface area contributed by atoms with Crippen molar-refractivity contribution in [1.29, 1.82) is 0 Å². The lowest BCUT2D eigenvalue weighted by molar-refractivity contribution is -0.144. The van der Waals surface area contributed by atoms with Crippen molar-refractivity contribution in [2.45, 2.75) is 25.7 Å². The minimum Gasteiger partial charge on any atom is -0.481 e. The van der Waals surface area contributed by atoms with Gasteiger partial charge in [-0.05, 0) is 12.8 Å². The monoisotopic (exact) mass is 255 g/mol. The molecule has 1 heterocycles. The Morgan fingerprint density at radius 2 is 2.22 bits per heavy atom. The van der Waals surface area contributed by atoms with Gasteiger partial charge >= 0.3 is 11.9 Å². The van der Waals surface area contributed by atoms with Crippen LogP contribution in [0.2, 0.25) is 0 Å². The van der Waals surface area contributed by atoms with E-state index in [1.165, 1.54) is 0 Å². The molecule has 0 aromatic rings. The van der Waals surface area contributed by atoms with E-state index in [0.717, 1.165) is 0 Å². The fourth-order valence-corrected chi connectivity index (χ4v) is 1.63. The van der Waals surface area contributed by atoms with Gasteiger partial charge in [0, 0.05) is 6.42 Å². The molecular formula is C12H17NO5. The van der Waals surface area contributed by atoms with Crippen molar-refractivity contribution in [3.63, 3.8) is 0 Å². The topological polar surface area (TPSA) is 92.7 Å². The highest BCUT2D eigenvalue weighted by Crippen LogP contribution is 2.11. The van der Waals surface area contributed by atoms with Crippen LogP contribution in [0.15, 0.2) is 12.2 Å². The zero-order valence-electron chi connectivity index (χ0n) is 10.1. The average molecular weight is 255 g/mol. The first-order valence-corrected chi connectivity index (χ1v) is 5.89. The zero-order chi connectivity index (χ0) is 13.4. The summed E-state index contributed by atoms with van der Waals surface area (Å²) in [5.41, 5.74) is 0. The Morgan fingerprint density at radius 3 is 2.94 bits per heavy atom. The Morgan fingerprint density at radius 1 is 1.44 bits per heavy atom. The third kappa shape index (κ3) is 5.47. The maximum atomic E-state index is 11.7. The third-order valence-electron chi connectivity index (χ3n) is 2.56. The lowest BCUT2D eigenvalue weighted by atomic mass is 10.00. The first-order chi connectivity index (χ1) is 8.59. The second kappa shape index (κ2) is 7.47. The predicted molar refractivity (Wildman–Crippen MR) is 62.7 cm³/mol. The van der Waals surface area contributed by atoms with Crippen LogP contribution < -0.4 is 5.32 Å². The van der Waals surface area contributed by atoms with Crippen LogP contribution in [0.25, 0.3) is 0 Å². The van der Waals surface area contributed by atoms with E-state index in [2.05, 4.69) is 5.32 Å². The number of esters is 1. The third-order valence-corrected chi connectivity index (χ3v) is 2.56. The molecule has 0 saturated heterocycles. The molecule has 18 heavy (non-hydrogen) atoms. The number of carbonyl (C=O) groups is 3. The van der Waals surface area contributed by atoms with Gasteiger partial charge in [0.1, 0.15) is 6.61 Å². The van der Waals surface area contributed by atoms with Crippen molar-refractivity contribution >= 4 is 17.8 Å². The molecule has 1 amide bonds. The number of allylic oxidation sites excluding steroid dienone is 2. The summed E-state index contributed by atoms with van der Waals surface area (Å²) in [5, 5.41) is 11.3. The fraction of sp³-hybridized carbons (Fsp3) is 0.583. The lowest BCUT2D eigenvalue weighted by Gasteiger charge is -2.14. The Hall–Kier alpha value is -1.85. The van der Waals surface area contributed by atoms with E-state index >= 15 is 0 Å². The molecule has 0 spiro atoms. The summed E-state index contributed by atoms with van der Waals surface area (Å²) in [6, 6.07) is 0. The Balaban J connectivity index is 2.61. The first-order valence-electron chi connectivity index (χ1n) is 5.89. The van der Waals surface area contributed by atoms with E-state index in [-0.39, 0.29) is 31.4 Å². The van der Waals surface area contributed by atoms with Crippen molar-refractivity contribution in [1.82, 2.24) is 5.32 Å². The Kier molecular flexibility index (Phi) is 5.90. The standard InChI is InChI=1S/C12H17NO5/c14-10(15)8-9-4-2-1-3-5-11(16)18-7-6-13-12(9)17/h1-2,9H,3-8H2,(H,13,17)(H,14,15)/b2-1+/t9-/m0/s1. The summed E-state index contributed by atoms with van der Waals surface area (Å²) in [4.78, 5) is 33.5. The molecule has 2 N–H and O–H groups in total. The van der Waals surface area contributed by atoms with Crippen LogP contribution in [0.1, 0.15) is 25.7 Å².